The second-order valence-corrected chi connectivity index (χ2v) is 5.54. The third kappa shape index (κ3) is 4.76. The number of thioether (sulfide) groups is 1. The van der Waals surface area contributed by atoms with Gasteiger partial charge in [0.1, 0.15) is 0 Å². The summed E-state index contributed by atoms with van der Waals surface area (Å²) in [6, 6.07) is 6.93. The number of rotatable bonds is 4. The minimum atomic E-state index is -0.119. The lowest BCUT2D eigenvalue weighted by Crippen LogP contribution is -2.31. The number of aliphatic imine (C=N–C) groups is 1. The van der Waals surface area contributed by atoms with E-state index < -0.39 is 0 Å². The van der Waals surface area contributed by atoms with Gasteiger partial charge in [0.05, 0.1) is 11.8 Å². The summed E-state index contributed by atoms with van der Waals surface area (Å²) >= 11 is 1.35. The number of nitrogens with one attached hydrogen (secondary N) is 2. The van der Waals surface area contributed by atoms with Crippen molar-refractivity contribution < 1.29 is 9.53 Å². The molecule has 1 aromatic carbocycles. The largest absolute Gasteiger partial charge is 0.376 e. The highest BCUT2D eigenvalue weighted by atomic mass is 32.2. The van der Waals surface area contributed by atoms with E-state index in [0.29, 0.717) is 23.0 Å². The first-order valence-corrected chi connectivity index (χ1v) is 8.23. The molecule has 1 amide bonds. The van der Waals surface area contributed by atoms with Gasteiger partial charge in [-0.1, -0.05) is 11.8 Å². The quantitative estimate of drug-likeness (QED) is 0.384. The van der Waals surface area contributed by atoms with Crippen molar-refractivity contribution in [3.8, 4) is 6.19 Å². The highest BCUT2D eigenvalue weighted by molar-refractivity contribution is 8.13. The van der Waals surface area contributed by atoms with Crippen LogP contribution in [-0.2, 0) is 4.74 Å². The first kappa shape index (κ1) is 16.3. The van der Waals surface area contributed by atoms with Gasteiger partial charge in [-0.15, -0.1) is 0 Å². The zero-order chi connectivity index (χ0) is 15.8. The van der Waals surface area contributed by atoms with Crippen molar-refractivity contribution in [3.63, 3.8) is 0 Å². The fourth-order valence-corrected chi connectivity index (χ4v) is 2.44. The van der Waals surface area contributed by atoms with E-state index in [2.05, 4.69) is 15.6 Å². The monoisotopic (exact) mass is 318 g/mol. The molecule has 1 aliphatic heterocycles. The van der Waals surface area contributed by atoms with Gasteiger partial charge in [-0.3, -0.25) is 10.1 Å². The maximum atomic E-state index is 12.0. The van der Waals surface area contributed by atoms with Crippen LogP contribution in [0.2, 0.25) is 0 Å². The summed E-state index contributed by atoms with van der Waals surface area (Å²) in [6.45, 7) is 1.32. The zero-order valence-electron chi connectivity index (χ0n) is 12.3. The van der Waals surface area contributed by atoms with Gasteiger partial charge in [-0.25, -0.2) is 4.99 Å². The van der Waals surface area contributed by atoms with E-state index >= 15 is 0 Å². The van der Waals surface area contributed by atoms with E-state index in [1.165, 1.54) is 11.8 Å². The van der Waals surface area contributed by atoms with Crippen LogP contribution in [0.3, 0.4) is 0 Å². The van der Waals surface area contributed by atoms with E-state index in [-0.39, 0.29) is 12.0 Å². The van der Waals surface area contributed by atoms with Crippen LogP contribution in [0.1, 0.15) is 23.2 Å². The highest BCUT2D eigenvalue weighted by Crippen LogP contribution is 2.15. The molecule has 22 heavy (non-hydrogen) atoms. The van der Waals surface area contributed by atoms with Gasteiger partial charge < -0.3 is 10.1 Å². The molecule has 1 saturated heterocycles. The van der Waals surface area contributed by atoms with E-state index in [0.717, 1.165) is 19.4 Å². The van der Waals surface area contributed by atoms with E-state index in [1.807, 2.05) is 12.4 Å². The normalized spacial score (nSPS) is 17.8. The van der Waals surface area contributed by atoms with Crippen LogP contribution in [0, 0.1) is 11.5 Å². The standard InChI is InChI=1S/C15H18N4O2S/c1-22-15(18-10-16)19-12-6-4-11(5-7-12)14(20)17-9-13-3-2-8-21-13/h4-7,13H,2-3,8-9H2,1H3,(H,17,20)(H,18,19). The Hall–Kier alpha value is -2.04. The molecule has 7 heteroatoms. The number of hydrogen-bond acceptors (Lipinski definition) is 5. The third-order valence-corrected chi connectivity index (χ3v) is 3.81. The molecule has 0 aliphatic carbocycles. The van der Waals surface area contributed by atoms with Gasteiger partial charge in [-0.05, 0) is 43.4 Å². The molecule has 0 saturated carbocycles. The summed E-state index contributed by atoms with van der Waals surface area (Å²) in [6.07, 6.45) is 5.85. The molecular weight excluding hydrogens is 300 g/mol. The van der Waals surface area contributed by atoms with Crippen LogP contribution in [0.15, 0.2) is 29.3 Å². The summed E-state index contributed by atoms with van der Waals surface area (Å²) in [5, 5.41) is 14.5. The van der Waals surface area contributed by atoms with Crippen molar-refractivity contribution in [2.45, 2.75) is 18.9 Å². The molecule has 1 aromatic rings. The second-order valence-electron chi connectivity index (χ2n) is 4.75. The molecule has 2 rings (SSSR count). The van der Waals surface area contributed by atoms with Crippen LogP contribution in [-0.4, -0.2) is 36.6 Å². The molecule has 0 bridgehead atoms. The first-order valence-electron chi connectivity index (χ1n) is 7.00. The Bertz CT molecular complexity index is 574. The number of benzene rings is 1. The number of nitriles is 1. The number of amides is 1. The third-order valence-electron chi connectivity index (χ3n) is 3.23. The van der Waals surface area contributed by atoms with Crippen LogP contribution < -0.4 is 10.6 Å². The summed E-state index contributed by atoms with van der Waals surface area (Å²) in [7, 11) is 0. The average molecular weight is 318 g/mol. The number of ether oxygens (including phenoxy) is 1. The zero-order valence-corrected chi connectivity index (χ0v) is 13.2. The maximum Gasteiger partial charge on any atom is 0.251 e. The molecule has 0 aromatic heterocycles. The van der Waals surface area contributed by atoms with Gasteiger partial charge in [0.15, 0.2) is 11.4 Å². The predicted molar refractivity (Wildman–Crippen MR) is 87.1 cm³/mol. The SMILES string of the molecule is CSC(=Nc1ccc(C(=O)NCC2CCCO2)cc1)NC#N. The van der Waals surface area contributed by atoms with Crippen LogP contribution in [0.5, 0.6) is 0 Å². The molecular formula is C15H18N4O2S. The van der Waals surface area contributed by atoms with Gasteiger partial charge in [-0.2, -0.15) is 5.26 Å². The molecule has 2 N–H and O–H groups in total. The lowest BCUT2D eigenvalue weighted by molar-refractivity contribution is 0.0858. The Morgan fingerprint density at radius 1 is 1.50 bits per heavy atom. The molecule has 1 fully saturated rings. The second kappa shape index (κ2) is 8.41. The lowest BCUT2D eigenvalue weighted by atomic mass is 10.2. The Labute approximate surface area is 133 Å². The van der Waals surface area contributed by atoms with E-state index in [9.17, 15) is 4.79 Å². The minimum Gasteiger partial charge on any atom is -0.376 e. The predicted octanol–water partition coefficient (Wildman–Crippen LogP) is 2.02. The summed E-state index contributed by atoms with van der Waals surface area (Å²) < 4.78 is 5.47. The Balaban J connectivity index is 1.93. The molecule has 0 radical (unpaired) electrons. The van der Waals surface area contributed by atoms with Gasteiger partial charge >= 0.3 is 0 Å². The summed E-state index contributed by atoms with van der Waals surface area (Å²) in [5.74, 6) is -0.119. The lowest BCUT2D eigenvalue weighted by Gasteiger charge is -2.10. The topological polar surface area (TPSA) is 86.5 Å². The molecule has 1 heterocycles. The van der Waals surface area contributed by atoms with Crippen LogP contribution >= 0.6 is 11.8 Å². The molecule has 1 aliphatic rings. The minimum absolute atomic E-state index is 0.119. The highest BCUT2D eigenvalue weighted by Gasteiger charge is 2.16. The smallest absolute Gasteiger partial charge is 0.251 e. The van der Waals surface area contributed by atoms with Crippen molar-refractivity contribution >= 4 is 28.5 Å². The number of amidine groups is 1. The van der Waals surface area contributed by atoms with Crippen molar-refractivity contribution in [2.24, 2.45) is 4.99 Å². The number of hydrogen-bond donors (Lipinski definition) is 2. The Kier molecular flexibility index (Phi) is 6.25. The van der Waals surface area contributed by atoms with Crippen LogP contribution in [0.4, 0.5) is 5.69 Å². The molecule has 0 spiro atoms. The molecule has 116 valence electrons. The van der Waals surface area contributed by atoms with Crippen LogP contribution in [0.25, 0.3) is 0 Å². The Morgan fingerprint density at radius 3 is 2.86 bits per heavy atom. The van der Waals surface area contributed by atoms with Crippen molar-refractivity contribution in [3.05, 3.63) is 29.8 Å². The van der Waals surface area contributed by atoms with E-state index in [4.69, 9.17) is 10.00 Å². The van der Waals surface area contributed by atoms with Gasteiger partial charge in [0.25, 0.3) is 5.91 Å². The maximum absolute atomic E-state index is 12.0. The van der Waals surface area contributed by atoms with Crippen molar-refractivity contribution in [2.75, 3.05) is 19.4 Å². The fraction of sp³-hybridized carbons (Fsp3) is 0.400. The first-order chi connectivity index (χ1) is 10.7. The van der Waals surface area contributed by atoms with Crippen molar-refractivity contribution in [1.82, 2.24) is 10.6 Å². The van der Waals surface area contributed by atoms with E-state index in [1.54, 1.807) is 24.3 Å². The fourth-order valence-electron chi connectivity index (χ4n) is 2.09. The van der Waals surface area contributed by atoms with Gasteiger partial charge in [0.2, 0.25) is 0 Å². The molecule has 1 atom stereocenters. The Morgan fingerprint density at radius 2 is 2.27 bits per heavy atom. The number of carbonyl (C=O) groups excluding carboxylic acids is 1. The summed E-state index contributed by atoms with van der Waals surface area (Å²) in [4.78, 5) is 16.3. The van der Waals surface area contributed by atoms with Crippen molar-refractivity contribution in [1.29, 1.82) is 5.26 Å². The molecule has 6 nitrogen and oxygen atoms in total. The number of nitrogens with zero attached hydrogens (tertiary/aromatic N) is 2. The number of carbonyl (C=O) groups is 1. The van der Waals surface area contributed by atoms with Gasteiger partial charge in [0, 0.05) is 18.7 Å². The molecule has 1 unspecified atom stereocenters. The summed E-state index contributed by atoms with van der Waals surface area (Å²) in [5.41, 5.74) is 1.26. The average Bonchev–Trinajstić information content (AvgIpc) is 3.06.